The van der Waals surface area contributed by atoms with Crippen molar-refractivity contribution in [3.8, 4) is 0 Å². The van der Waals surface area contributed by atoms with Crippen molar-refractivity contribution in [3.63, 3.8) is 0 Å². The summed E-state index contributed by atoms with van der Waals surface area (Å²) in [6.07, 6.45) is 3.38. The molecule has 1 heterocycles. The van der Waals surface area contributed by atoms with E-state index in [1.54, 1.807) is 12.1 Å². The van der Waals surface area contributed by atoms with Gasteiger partial charge < -0.3 is 10.0 Å². The van der Waals surface area contributed by atoms with Crippen LogP contribution in [0.2, 0.25) is 5.02 Å². The largest absolute Gasteiger partial charge is 0.476 e. The van der Waals surface area contributed by atoms with Gasteiger partial charge in [0.25, 0.3) is 0 Å². The molecule has 4 nitrogen and oxygen atoms in total. The molecule has 0 amide bonds. The minimum absolute atomic E-state index is 0.0912. The predicted octanol–water partition coefficient (Wildman–Crippen LogP) is 3.06. The molecule has 0 atom stereocenters. The first-order chi connectivity index (χ1) is 8.06. The fourth-order valence-corrected chi connectivity index (χ4v) is 1.69. The summed E-state index contributed by atoms with van der Waals surface area (Å²) in [5.41, 5.74) is -0.0912. The van der Waals surface area contributed by atoms with E-state index in [2.05, 4.69) is 11.9 Å². The first-order valence-corrected chi connectivity index (χ1v) is 6.05. The molecule has 1 N–H and O–H groups in total. The Bertz CT molecular complexity index is 396. The lowest BCUT2D eigenvalue weighted by molar-refractivity contribution is 0.0691. The second-order valence-corrected chi connectivity index (χ2v) is 4.34. The minimum Gasteiger partial charge on any atom is -0.476 e. The molecule has 0 aliphatic heterocycles. The van der Waals surface area contributed by atoms with E-state index >= 15 is 0 Å². The van der Waals surface area contributed by atoms with Gasteiger partial charge in [0.1, 0.15) is 5.82 Å². The highest BCUT2D eigenvalue weighted by atomic mass is 35.5. The summed E-state index contributed by atoms with van der Waals surface area (Å²) in [6, 6.07) is 3.31. The Hall–Kier alpha value is -1.29. The van der Waals surface area contributed by atoms with E-state index < -0.39 is 5.97 Å². The predicted molar refractivity (Wildman–Crippen MR) is 69.0 cm³/mol. The van der Waals surface area contributed by atoms with Gasteiger partial charge in [-0.3, -0.25) is 0 Å². The lowest BCUT2D eigenvalue weighted by Gasteiger charge is -2.18. The molecule has 1 aromatic rings. The van der Waals surface area contributed by atoms with Gasteiger partial charge in [-0.05, 0) is 18.6 Å². The highest BCUT2D eigenvalue weighted by molar-refractivity contribution is 6.33. The van der Waals surface area contributed by atoms with Crippen LogP contribution in [-0.2, 0) is 0 Å². The van der Waals surface area contributed by atoms with Gasteiger partial charge in [0.05, 0.1) is 5.02 Å². The summed E-state index contributed by atoms with van der Waals surface area (Å²) in [6.45, 7) is 3.00. The average Bonchev–Trinajstić information content (AvgIpc) is 2.29. The lowest BCUT2D eigenvalue weighted by atomic mass is 10.2. The maximum absolute atomic E-state index is 10.9. The second kappa shape index (κ2) is 6.45. The molecule has 1 rings (SSSR count). The van der Waals surface area contributed by atoms with E-state index in [-0.39, 0.29) is 10.7 Å². The van der Waals surface area contributed by atoms with Crippen molar-refractivity contribution >= 4 is 23.4 Å². The van der Waals surface area contributed by atoms with Crippen LogP contribution in [0.15, 0.2) is 12.1 Å². The van der Waals surface area contributed by atoms with Gasteiger partial charge in [-0.25, -0.2) is 9.78 Å². The number of hydrogen-bond acceptors (Lipinski definition) is 3. The molecule has 0 saturated heterocycles. The fourth-order valence-electron chi connectivity index (χ4n) is 1.51. The van der Waals surface area contributed by atoms with Crippen molar-refractivity contribution < 1.29 is 9.90 Å². The van der Waals surface area contributed by atoms with Crippen LogP contribution in [0.4, 0.5) is 5.82 Å². The summed E-state index contributed by atoms with van der Waals surface area (Å²) in [5.74, 6) is -0.457. The summed E-state index contributed by atoms with van der Waals surface area (Å²) in [7, 11) is 1.90. The van der Waals surface area contributed by atoms with Crippen molar-refractivity contribution in [2.45, 2.75) is 26.2 Å². The number of pyridine rings is 1. The number of nitrogens with zero attached hydrogens (tertiary/aromatic N) is 2. The van der Waals surface area contributed by atoms with E-state index in [9.17, 15) is 4.79 Å². The van der Waals surface area contributed by atoms with Gasteiger partial charge in [0, 0.05) is 13.6 Å². The fraction of sp³-hybridized carbons (Fsp3) is 0.500. The lowest BCUT2D eigenvalue weighted by Crippen LogP contribution is -2.20. The van der Waals surface area contributed by atoms with E-state index in [0.717, 1.165) is 25.8 Å². The number of carboxylic acid groups (broad SMARTS) is 1. The molecule has 17 heavy (non-hydrogen) atoms. The molecule has 0 fully saturated rings. The van der Waals surface area contributed by atoms with Gasteiger partial charge in [-0.1, -0.05) is 31.4 Å². The molecule has 0 aliphatic rings. The molecular formula is C12H17ClN2O2. The van der Waals surface area contributed by atoms with Crippen LogP contribution in [0.1, 0.15) is 36.7 Å². The van der Waals surface area contributed by atoms with Crippen LogP contribution in [0.5, 0.6) is 0 Å². The Morgan fingerprint density at radius 3 is 2.76 bits per heavy atom. The zero-order valence-electron chi connectivity index (χ0n) is 10.1. The number of halogens is 1. The number of carboxylic acids is 1. The molecule has 0 aliphatic carbocycles. The summed E-state index contributed by atoms with van der Waals surface area (Å²) in [4.78, 5) is 16.9. The molecule has 0 spiro atoms. The maximum atomic E-state index is 10.9. The molecule has 0 aromatic carbocycles. The molecular weight excluding hydrogens is 240 g/mol. The zero-order valence-corrected chi connectivity index (χ0v) is 10.9. The Morgan fingerprint density at radius 2 is 2.18 bits per heavy atom. The number of unbranched alkanes of at least 4 members (excludes halogenated alkanes) is 2. The van der Waals surface area contributed by atoms with Gasteiger partial charge in [-0.15, -0.1) is 0 Å². The van der Waals surface area contributed by atoms with Crippen molar-refractivity contribution in [1.29, 1.82) is 0 Å². The Kier molecular flexibility index (Phi) is 5.22. The van der Waals surface area contributed by atoms with Crippen LogP contribution in [-0.4, -0.2) is 29.7 Å². The van der Waals surface area contributed by atoms with Crippen molar-refractivity contribution in [2.24, 2.45) is 0 Å². The Labute approximate surface area is 106 Å². The SMILES string of the molecule is CCCCCN(C)c1ccc(Cl)c(C(=O)O)n1. The Balaban J connectivity index is 2.77. The molecule has 0 radical (unpaired) electrons. The smallest absolute Gasteiger partial charge is 0.356 e. The van der Waals surface area contributed by atoms with Crippen molar-refractivity contribution in [1.82, 2.24) is 4.98 Å². The third kappa shape index (κ3) is 3.89. The first kappa shape index (κ1) is 13.8. The van der Waals surface area contributed by atoms with Gasteiger partial charge in [-0.2, -0.15) is 0 Å². The number of carbonyl (C=O) groups is 1. The highest BCUT2D eigenvalue weighted by Gasteiger charge is 2.12. The third-order valence-electron chi connectivity index (χ3n) is 2.52. The molecule has 5 heteroatoms. The number of anilines is 1. The monoisotopic (exact) mass is 256 g/mol. The molecule has 0 saturated carbocycles. The van der Waals surface area contributed by atoms with E-state index in [1.807, 2.05) is 11.9 Å². The van der Waals surface area contributed by atoms with E-state index in [1.165, 1.54) is 0 Å². The van der Waals surface area contributed by atoms with E-state index in [4.69, 9.17) is 16.7 Å². The maximum Gasteiger partial charge on any atom is 0.356 e. The molecule has 94 valence electrons. The normalized spacial score (nSPS) is 10.3. The van der Waals surface area contributed by atoms with Gasteiger partial charge in [0.15, 0.2) is 5.69 Å². The highest BCUT2D eigenvalue weighted by Crippen LogP contribution is 2.19. The van der Waals surface area contributed by atoms with Crippen LogP contribution < -0.4 is 4.90 Å². The topological polar surface area (TPSA) is 53.4 Å². The Morgan fingerprint density at radius 1 is 1.47 bits per heavy atom. The van der Waals surface area contributed by atoms with Crippen LogP contribution in [0.25, 0.3) is 0 Å². The average molecular weight is 257 g/mol. The summed E-state index contributed by atoms with van der Waals surface area (Å²) in [5, 5.41) is 9.09. The van der Waals surface area contributed by atoms with Crippen LogP contribution in [0, 0.1) is 0 Å². The first-order valence-electron chi connectivity index (χ1n) is 5.67. The van der Waals surface area contributed by atoms with E-state index in [0.29, 0.717) is 5.82 Å². The number of hydrogen-bond donors (Lipinski definition) is 1. The summed E-state index contributed by atoms with van der Waals surface area (Å²) >= 11 is 5.76. The minimum atomic E-state index is -1.10. The number of rotatable bonds is 6. The third-order valence-corrected chi connectivity index (χ3v) is 2.83. The van der Waals surface area contributed by atoms with Crippen LogP contribution >= 0.6 is 11.6 Å². The van der Waals surface area contributed by atoms with Crippen LogP contribution in [0.3, 0.4) is 0 Å². The summed E-state index contributed by atoms with van der Waals surface area (Å²) < 4.78 is 0. The molecule has 0 bridgehead atoms. The second-order valence-electron chi connectivity index (χ2n) is 3.93. The quantitative estimate of drug-likeness (QED) is 0.795. The van der Waals surface area contributed by atoms with Crippen molar-refractivity contribution in [3.05, 3.63) is 22.8 Å². The van der Waals surface area contributed by atoms with Crippen molar-refractivity contribution in [2.75, 3.05) is 18.5 Å². The van der Waals surface area contributed by atoms with Gasteiger partial charge >= 0.3 is 5.97 Å². The molecule has 0 unspecified atom stereocenters. The standard InChI is InChI=1S/C12H17ClN2O2/c1-3-4-5-8-15(2)10-7-6-9(13)11(14-10)12(16)17/h6-7H,3-5,8H2,1-2H3,(H,16,17). The molecule has 1 aromatic heterocycles. The zero-order chi connectivity index (χ0) is 12.8. The van der Waals surface area contributed by atoms with Gasteiger partial charge in [0.2, 0.25) is 0 Å². The number of aromatic nitrogens is 1. The number of aromatic carboxylic acids is 1.